The molecule has 1 heterocycles. The fraction of sp³-hybridized carbons (Fsp3) is 0.818. The number of nitrogens with zero attached hydrogens (tertiary/aromatic N) is 3. The van der Waals surface area contributed by atoms with Crippen molar-refractivity contribution in [3.63, 3.8) is 0 Å². The van der Waals surface area contributed by atoms with Gasteiger partial charge in [-0.3, -0.25) is 0 Å². The summed E-state index contributed by atoms with van der Waals surface area (Å²) in [5, 5.41) is 8.63. The van der Waals surface area contributed by atoms with Gasteiger partial charge in [0.15, 0.2) is 0 Å². The molecular weight excluding hydrogens is 254 g/mol. The summed E-state index contributed by atoms with van der Waals surface area (Å²) in [5.74, 6) is 1.39. The van der Waals surface area contributed by atoms with Crippen LogP contribution in [-0.2, 0) is 7.05 Å². The van der Waals surface area contributed by atoms with Crippen LogP contribution in [0, 0.1) is 5.92 Å². The highest BCUT2D eigenvalue weighted by molar-refractivity contribution is 9.09. The average molecular weight is 272 g/mol. The summed E-state index contributed by atoms with van der Waals surface area (Å²) < 4.78 is 0. The van der Waals surface area contributed by atoms with E-state index in [2.05, 4.69) is 33.1 Å². The second-order valence-electron chi connectivity index (χ2n) is 4.44. The van der Waals surface area contributed by atoms with Crippen LogP contribution in [0.1, 0.15) is 44.2 Å². The molecule has 3 atom stereocenters. The molecule has 0 aliphatic heterocycles. The molecule has 1 aromatic heterocycles. The normalized spacial score (nSPS) is 31.8. The van der Waals surface area contributed by atoms with Gasteiger partial charge in [0, 0.05) is 17.8 Å². The Labute approximate surface area is 99.4 Å². The zero-order chi connectivity index (χ0) is 10.8. The topological polar surface area (TPSA) is 30.7 Å². The van der Waals surface area contributed by atoms with Crippen LogP contribution >= 0.6 is 15.9 Å². The van der Waals surface area contributed by atoms with E-state index in [9.17, 15) is 0 Å². The van der Waals surface area contributed by atoms with Crippen LogP contribution in [0.5, 0.6) is 0 Å². The molecule has 15 heavy (non-hydrogen) atoms. The Kier molecular flexibility index (Phi) is 3.44. The van der Waals surface area contributed by atoms with Crippen LogP contribution in [-0.4, -0.2) is 19.8 Å². The molecule has 0 bridgehead atoms. The molecule has 1 aliphatic carbocycles. The van der Waals surface area contributed by atoms with Crippen molar-refractivity contribution in [3.05, 3.63) is 11.9 Å². The van der Waals surface area contributed by atoms with E-state index >= 15 is 0 Å². The third kappa shape index (κ3) is 2.41. The van der Waals surface area contributed by atoms with E-state index < -0.39 is 0 Å². The van der Waals surface area contributed by atoms with Gasteiger partial charge in [-0.1, -0.05) is 29.3 Å². The first-order valence-corrected chi connectivity index (χ1v) is 6.62. The summed E-state index contributed by atoms with van der Waals surface area (Å²) in [5.41, 5.74) is 1.17. The number of aryl methyl sites for hydroxylation is 1. The van der Waals surface area contributed by atoms with Crippen LogP contribution in [0.4, 0.5) is 0 Å². The van der Waals surface area contributed by atoms with E-state index in [0.717, 1.165) is 5.92 Å². The van der Waals surface area contributed by atoms with Gasteiger partial charge in [0.05, 0.1) is 11.9 Å². The van der Waals surface area contributed by atoms with Crippen molar-refractivity contribution < 1.29 is 0 Å². The van der Waals surface area contributed by atoms with Gasteiger partial charge in [0.2, 0.25) is 0 Å². The van der Waals surface area contributed by atoms with Gasteiger partial charge in [-0.05, 0) is 25.2 Å². The monoisotopic (exact) mass is 271 g/mol. The Morgan fingerprint density at radius 2 is 2.33 bits per heavy atom. The third-order valence-corrected chi connectivity index (χ3v) is 4.28. The lowest BCUT2D eigenvalue weighted by Crippen LogP contribution is -2.23. The van der Waals surface area contributed by atoms with E-state index in [1.165, 1.54) is 31.4 Å². The molecule has 3 unspecified atom stereocenters. The first-order chi connectivity index (χ1) is 7.20. The van der Waals surface area contributed by atoms with Gasteiger partial charge in [-0.2, -0.15) is 15.0 Å². The largest absolute Gasteiger partial charge is 0.188 e. The van der Waals surface area contributed by atoms with Crippen LogP contribution in [0.25, 0.3) is 0 Å². The van der Waals surface area contributed by atoms with Gasteiger partial charge < -0.3 is 0 Å². The summed E-state index contributed by atoms with van der Waals surface area (Å²) in [7, 11) is 1.89. The Morgan fingerprint density at radius 3 is 2.93 bits per heavy atom. The molecule has 2 rings (SSSR count). The van der Waals surface area contributed by atoms with Crippen molar-refractivity contribution >= 4 is 15.9 Å². The van der Waals surface area contributed by atoms with Gasteiger partial charge in [0.1, 0.15) is 0 Å². The van der Waals surface area contributed by atoms with E-state index in [1.807, 2.05) is 13.2 Å². The highest BCUT2D eigenvalue weighted by Gasteiger charge is 2.31. The predicted octanol–water partition coefficient (Wildman–Crippen LogP) is 2.87. The number of aromatic nitrogens is 3. The number of hydrogen-bond acceptors (Lipinski definition) is 2. The van der Waals surface area contributed by atoms with Crippen molar-refractivity contribution in [2.75, 3.05) is 0 Å². The second-order valence-corrected chi connectivity index (χ2v) is 5.74. The molecule has 0 radical (unpaired) electrons. The lowest BCUT2D eigenvalue weighted by Gasteiger charge is -2.32. The smallest absolute Gasteiger partial charge is 0.0861 e. The van der Waals surface area contributed by atoms with Crippen molar-refractivity contribution in [3.8, 4) is 0 Å². The molecule has 1 aliphatic rings. The van der Waals surface area contributed by atoms with Crippen molar-refractivity contribution in [1.82, 2.24) is 15.0 Å². The van der Waals surface area contributed by atoms with Crippen molar-refractivity contribution in [2.24, 2.45) is 13.0 Å². The summed E-state index contributed by atoms with van der Waals surface area (Å²) in [4.78, 5) is 2.33. The quantitative estimate of drug-likeness (QED) is 0.775. The van der Waals surface area contributed by atoms with E-state index in [1.54, 1.807) is 4.80 Å². The van der Waals surface area contributed by atoms with Gasteiger partial charge in [0.25, 0.3) is 0 Å². The minimum Gasteiger partial charge on any atom is -0.188 e. The van der Waals surface area contributed by atoms with Crippen molar-refractivity contribution in [1.29, 1.82) is 0 Å². The van der Waals surface area contributed by atoms with E-state index in [0.29, 0.717) is 10.7 Å². The molecule has 4 heteroatoms. The van der Waals surface area contributed by atoms with E-state index in [-0.39, 0.29) is 0 Å². The van der Waals surface area contributed by atoms with Crippen LogP contribution in [0.15, 0.2) is 6.20 Å². The Morgan fingerprint density at radius 1 is 1.53 bits per heavy atom. The van der Waals surface area contributed by atoms with Gasteiger partial charge in [-0.15, -0.1) is 0 Å². The maximum atomic E-state index is 4.45. The van der Waals surface area contributed by atoms with Crippen molar-refractivity contribution in [2.45, 2.75) is 43.4 Å². The lowest BCUT2D eigenvalue weighted by molar-refractivity contribution is 0.302. The Bertz CT molecular complexity index is 323. The van der Waals surface area contributed by atoms with Gasteiger partial charge >= 0.3 is 0 Å². The first-order valence-electron chi connectivity index (χ1n) is 5.71. The molecule has 84 valence electrons. The summed E-state index contributed by atoms with van der Waals surface area (Å²) in [6, 6.07) is 0. The molecule has 3 nitrogen and oxygen atoms in total. The number of halogens is 1. The zero-order valence-electron chi connectivity index (χ0n) is 9.36. The number of rotatable bonds is 2. The highest BCUT2D eigenvalue weighted by atomic mass is 79.9. The molecule has 1 aromatic rings. The summed E-state index contributed by atoms with van der Waals surface area (Å²) in [6.07, 6.45) is 7.00. The minimum absolute atomic E-state index is 0.599. The molecule has 0 aromatic carbocycles. The lowest BCUT2D eigenvalue weighted by atomic mass is 9.76. The summed E-state index contributed by atoms with van der Waals surface area (Å²) >= 11 is 3.73. The average Bonchev–Trinajstić information content (AvgIpc) is 2.65. The fourth-order valence-corrected chi connectivity index (χ4v) is 3.23. The highest BCUT2D eigenvalue weighted by Crippen LogP contribution is 2.40. The number of alkyl halides is 1. The molecule has 0 saturated heterocycles. The molecule has 0 N–H and O–H groups in total. The zero-order valence-corrected chi connectivity index (χ0v) is 10.9. The van der Waals surface area contributed by atoms with E-state index in [4.69, 9.17) is 0 Å². The minimum atomic E-state index is 0.599. The maximum Gasteiger partial charge on any atom is 0.0861 e. The first kappa shape index (κ1) is 11.1. The predicted molar refractivity (Wildman–Crippen MR) is 64.1 cm³/mol. The fourth-order valence-electron chi connectivity index (χ4n) is 2.56. The van der Waals surface area contributed by atoms with Crippen LogP contribution in [0.3, 0.4) is 0 Å². The standard InChI is InChI=1S/C11H18BrN3/c1-3-8-4-5-9(12)6-10(8)11-7-13-15(2)14-11/h7-10H,3-6H2,1-2H3. The van der Waals surface area contributed by atoms with Crippen LogP contribution < -0.4 is 0 Å². The Balaban J connectivity index is 2.16. The molecule has 1 fully saturated rings. The van der Waals surface area contributed by atoms with Crippen LogP contribution in [0.2, 0.25) is 0 Å². The SMILES string of the molecule is CCC1CCC(Br)CC1c1cnn(C)n1. The third-order valence-electron chi connectivity index (χ3n) is 3.45. The second kappa shape index (κ2) is 4.64. The molecule has 0 spiro atoms. The molecule has 0 amide bonds. The molecular formula is C11H18BrN3. The maximum absolute atomic E-state index is 4.45. The summed E-state index contributed by atoms with van der Waals surface area (Å²) in [6.45, 7) is 2.28. The number of hydrogen-bond donors (Lipinski definition) is 0. The molecule has 1 saturated carbocycles. The van der Waals surface area contributed by atoms with Gasteiger partial charge in [-0.25, -0.2) is 0 Å². The Hall–Kier alpha value is -0.380.